The maximum absolute atomic E-state index is 12.6. The zero-order valence-electron chi connectivity index (χ0n) is 18.8. The lowest BCUT2D eigenvalue weighted by atomic mass is 9.79. The molecule has 1 aromatic heterocycles. The Morgan fingerprint density at radius 2 is 1.84 bits per heavy atom. The van der Waals surface area contributed by atoms with Gasteiger partial charge in [0.1, 0.15) is 0 Å². The molecular formula is C23H34N2O5S. The van der Waals surface area contributed by atoms with E-state index in [1.807, 2.05) is 0 Å². The van der Waals surface area contributed by atoms with Crippen molar-refractivity contribution in [2.24, 2.45) is 0 Å². The average Bonchev–Trinajstić information content (AvgIpc) is 3.08. The van der Waals surface area contributed by atoms with Crippen LogP contribution < -0.4 is 5.76 Å². The summed E-state index contributed by atoms with van der Waals surface area (Å²) in [6.45, 7) is 7.20. The van der Waals surface area contributed by atoms with E-state index in [1.54, 1.807) is 16.7 Å². The maximum Gasteiger partial charge on any atom is 0.420 e. The second-order valence-corrected chi connectivity index (χ2v) is 11.4. The van der Waals surface area contributed by atoms with Crippen molar-refractivity contribution in [1.29, 1.82) is 0 Å². The van der Waals surface area contributed by atoms with Crippen molar-refractivity contribution in [2.75, 3.05) is 26.0 Å². The minimum atomic E-state index is -3.35. The van der Waals surface area contributed by atoms with E-state index < -0.39 is 15.6 Å². The van der Waals surface area contributed by atoms with Gasteiger partial charge in [0.05, 0.1) is 16.5 Å². The number of likely N-dealkylation sites (tertiary alicyclic amines) is 1. The van der Waals surface area contributed by atoms with E-state index in [0.29, 0.717) is 17.2 Å². The molecule has 1 saturated heterocycles. The van der Waals surface area contributed by atoms with Gasteiger partial charge in [-0.1, -0.05) is 6.92 Å². The Morgan fingerprint density at radius 3 is 2.45 bits per heavy atom. The molecule has 1 aliphatic heterocycles. The lowest BCUT2D eigenvalue weighted by Gasteiger charge is -2.48. The fourth-order valence-corrected chi connectivity index (χ4v) is 5.88. The van der Waals surface area contributed by atoms with Crippen LogP contribution in [0.25, 0.3) is 11.1 Å². The van der Waals surface area contributed by atoms with Crippen LogP contribution in [0.5, 0.6) is 0 Å². The minimum Gasteiger partial charge on any atom is -0.408 e. The van der Waals surface area contributed by atoms with Crippen LogP contribution in [0.1, 0.15) is 64.8 Å². The number of aromatic nitrogens is 1. The lowest BCUT2D eigenvalue weighted by Crippen LogP contribution is -2.53. The second-order valence-electron chi connectivity index (χ2n) is 9.42. The molecule has 1 aromatic carbocycles. The highest BCUT2D eigenvalue weighted by molar-refractivity contribution is 7.90. The molecule has 0 radical (unpaired) electrons. The van der Waals surface area contributed by atoms with E-state index in [4.69, 9.17) is 9.15 Å². The number of piperidine rings is 1. The number of hydrogen-bond acceptors (Lipinski definition) is 6. The van der Waals surface area contributed by atoms with Gasteiger partial charge in [0.2, 0.25) is 0 Å². The smallest absolute Gasteiger partial charge is 0.408 e. The zero-order chi connectivity index (χ0) is 22.2. The SMILES string of the molecule is CCCOC1CCC(C)(N2CCC(n3c(=O)oc4ccc(S(C)(=O)=O)cc43)CC2)CC1. The molecule has 2 fully saturated rings. The van der Waals surface area contributed by atoms with Crippen LogP contribution in [0.3, 0.4) is 0 Å². The van der Waals surface area contributed by atoms with Crippen LogP contribution in [0.15, 0.2) is 32.3 Å². The highest BCUT2D eigenvalue weighted by Gasteiger charge is 2.38. The van der Waals surface area contributed by atoms with Crippen LogP contribution in [0.4, 0.5) is 0 Å². The van der Waals surface area contributed by atoms with Gasteiger partial charge in [-0.25, -0.2) is 13.2 Å². The molecule has 1 saturated carbocycles. The summed E-state index contributed by atoms with van der Waals surface area (Å²) < 4.78 is 37.0. The summed E-state index contributed by atoms with van der Waals surface area (Å²) >= 11 is 0. The van der Waals surface area contributed by atoms with E-state index in [1.165, 1.54) is 12.3 Å². The fourth-order valence-electron chi connectivity index (χ4n) is 5.23. The Bertz CT molecular complexity index is 1070. The Labute approximate surface area is 184 Å². The first-order valence-electron chi connectivity index (χ1n) is 11.4. The molecule has 0 N–H and O–H groups in total. The van der Waals surface area contributed by atoms with Gasteiger partial charge in [0.15, 0.2) is 15.4 Å². The van der Waals surface area contributed by atoms with Crippen molar-refractivity contribution >= 4 is 20.9 Å². The maximum atomic E-state index is 12.6. The quantitative estimate of drug-likeness (QED) is 0.666. The number of benzene rings is 1. The van der Waals surface area contributed by atoms with Crippen LogP contribution >= 0.6 is 0 Å². The largest absolute Gasteiger partial charge is 0.420 e. The number of nitrogens with zero attached hydrogens (tertiary/aromatic N) is 2. The standard InChI is InChI=1S/C23H34N2O5S/c1-4-15-29-18-7-11-23(2,12-8-18)24-13-9-17(10-14-24)25-20-16-19(31(3,27)28)5-6-21(20)30-22(25)26/h5-6,16-18H,4,7-15H2,1-3H3. The third kappa shape index (κ3) is 4.61. The summed E-state index contributed by atoms with van der Waals surface area (Å²) in [5.74, 6) is -0.404. The van der Waals surface area contributed by atoms with Gasteiger partial charge in [-0.2, -0.15) is 0 Å². The van der Waals surface area contributed by atoms with Crippen molar-refractivity contribution in [3.63, 3.8) is 0 Å². The molecule has 4 rings (SSSR count). The number of sulfone groups is 1. The molecule has 8 heteroatoms. The summed E-state index contributed by atoms with van der Waals surface area (Å²) in [5, 5.41) is 0. The Hall–Kier alpha value is -1.64. The van der Waals surface area contributed by atoms with Gasteiger partial charge in [0.25, 0.3) is 0 Å². The first kappa shape index (κ1) is 22.6. The van der Waals surface area contributed by atoms with Crippen molar-refractivity contribution in [3.05, 3.63) is 28.7 Å². The monoisotopic (exact) mass is 450 g/mol. The first-order valence-corrected chi connectivity index (χ1v) is 13.3. The van der Waals surface area contributed by atoms with E-state index in [0.717, 1.165) is 64.6 Å². The fraction of sp³-hybridized carbons (Fsp3) is 0.696. The molecule has 172 valence electrons. The molecule has 2 heterocycles. The number of oxazole rings is 1. The predicted molar refractivity (Wildman–Crippen MR) is 120 cm³/mol. The van der Waals surface area contributed by atoms with E-state index >= 15 is 0 Å². The Kier molecular flexibility index (Phi) is 6.34. The van der Waals surface area contributed by atoms with Crippen LogP contribution in [0, 0.1) is 0 Å². The normalized spacial score (nSPS) is 26.5. The summed E-state index contributed by atoms with van der Waals surface area (Å²) in [4.78, 5) is 15.4. The lowest BCUT2D eigenvalue weighted by molar-refractivity contribution is -0.0306. The Balaban J connectivity index is 1.46. The van der Waals surface area contributed by atoms with E-state index in [2.05, 4.69) is 18.7 Å². The molecule has 0 amide bonds. The molecule has 2 aliphatic rings. The molecule has 0 atom stereocenters. The third-order valence-corrected chi connectivity index (χ3v) is 8.28. The number of ether oxygens (including phenoxy) is 1. The highest BCUT2D eigenvalue weighted by Crippen LogP contribution is 2.38. The molecule has 2 aromatic rings. The third-order valence-electron chi connectivity index (χ3n) is 7.17. The number of hydrogen-bond donors (Lipinski definition) is 0. The molecule has 7 nitrogen and oxygen atoms in total. The van der Waals surface area contributed by atoms with E-state index in [9.17, 15) is 13.2 Å². The summed E-state index contributed by atoms with van der Waals surface area (Å²) in [6.07, 6.45) is 8.83. The van der Waals surface area contributed by atoms with Gasteiger partial charge >= 0.3 is 5.76 Å². The minimum absolute atomic E-state index is 0.0210. The topological polar surface area (TPSA) is 81.8 Å². The Morgan fingerprint density at radius 1 is 1.16 bits per heavy atom. The average molecular weight is 451 g/mol. The van der Waals surface area contributed by atoms with Crippen molar-refractivity contribution in [1.82, 2.24) is 9.47 Å². The highest BCUT2D eigenvalue weighted by atomic mass is 32.2. The van der Waals surface area contributed by atoms with Crippen molar-refractivity contribution in [3.8, 4) is 0 Å². The van der Waals surface area contributed by atoms with Crippen LogP contribution in [-0.4, -0.2) is 55.5 Å². The first-order chi connectivity index (χ1) is 14.7. The van der Waals surface area contributed by atoms with Gasteiger partial charge in [0, 0.05) is 37.5 Å². The van der Waals surface area contributed by atoms with Gasteiger partial charge in [-0.05, 0) is 70.1 Å². The summed E-state index contributed by atoms with van der Waals surface area (Å²) in [6, 6.07) is 4.67. The summed E-state index contributed by atoms with van der Waals surface area (Å²) in [7, 11) is -3.35. The second kappa shape index (κ2) is 8.71. The number of fused-ring (bicyclic) bond motifs is 1. The predicted octanol–water partition coefficient (Wildman–Crippen LogP) is 3.76. The van der Waals surface area contributed by atoms with E-state index in [-0.39, 0.29) is 16.5 Å². The van der Waals surface area contributed by atoms with Gasteiger partial charge < -0.3 is 9.15 Å². The van der Waals surface area contributed by atoms with Crippen LogP contribution in [0.2, 0.25) is 0 Å². The molecule has 0 spiro atoms. The molecule has 31 heavy (non-hydrogen) atoms. The van der Waals surface area contributed by atoms with Crippen molar-refractivity contribution in [2.45, 2.75) is 81.4 Å². The molecule has 1 aliphatic carbocycles. The summed E-state index contributed by atoms with van der Waals surface area (Å²) in [5.41, 5.74) is 1.20. The van der Waals surface area contributed by atoms with Gasteiger partial charge in [-0.3, -0.25) is 9.47 Å². The van der Waals surface area contributed by atoms with Crippen molar-refractivity contribution < 1.29 is 17.6 Å². The molecule has 0 bridgehead atoms. The zero-order valence-corrected chi connectivity index (χ0v) is 19.6. The van der Waals surface area contributed by atoms with Crippen LogP contribution in [-0.2, 0) is 14.6 Å². The van der Waals surface area contributed by atoms with Gasteiger partial charge in [-0.15, -0.1) is 0 Å². The molecule has 0 unspecified atom stereocenters. The molecular weight excluding hydrogens is 416 g/mol. The number of rotatable bonds is 6.